The van der Waals surface area contributed by atoms with E-state index in [-0.39, 0.29) is 6.10 Å². The number of carbonyl (C=O) groups is 1. The van der Waals surface area contributed by atoms with Crippen molar-refractivity contribution in [3.8, 4) is 0 Å². The third-order valence-corrected chi connectivity index (χ3v) is 4.37. The van der Waals surface area contributed by atoms with Gasteiger partial charge in [0, 0.05) is 30.6 Å². The van der Waals surface area contributed by atoms with Gasteiger partial charge in [0.15, 0.2) is 0 Å². The second kappa shape index (κ2) is 6.00. The summed E-state index contributed by atoms with van der Waals surface area (Å²) in [6, 6.07) is 3.85. The summed E-state index contributed by atoms with van der Waals surface area (Å²) in [5, 5.41) is 18.7. The molecule has 19 heavy (non-hydrogen) atoms. The van der Waals surface area contributed by atoms with Gasteiger partial charge in [-0.15, -0.1) is 11.3 Å². The number of aromatic carboxylic acids is 1. The van der Waals surface area contributed by atoms with Crippen molar-refractivity contribution in [3.63, 3.8) is 0 Å². The first-order chi connectivity index (χ1) is 8.95. The van der Waals surface area contributed by atoms with Crippen molar-refractivity contribution in [3.05, 3.63) is 21.9 Å². The van der Waals surface area contributed by atoms with E-state index in [1.54, 1.807) is 6.07 Å². The monoisotopic (exact) mass is 284 g/mol. The molecule has 2 N–H and O–H groups in total. The van der Waals surface area contributed by atoms with Gasteiger partial charge in [-0.1, -0.05) is 0 Å². The lowest BCUT2D eigenvalue weighted by atomic mass is 10.2. The van der Waals surface area contributed by atoms with Gasteiger partial charge in [0.1, 0.15) is 4.88 Å². The number of thiophene rings is 1. The van der Waals surface area contributed by atoms with Gasteiger partial charge >= 0.3 is 5.97 Å². The number of hydrogen-bond acceptors (Lipinski definition) is 5. The number of rotatable bonds is 5. The molecule has 2 rings (SSSR count). The topological polar surface area (TPSA) is 64.0 Å². The maximum atomic E-state index is 10.9. The molecule has 6 heteroatoms. The summed E-state index contributed by atoms with van der Waals surface area (Å²) in [7, 11) is 4.05. The van der Waals surface area contributed by atoms with Crippen molar-refractivity contribution in [1.82, 2.24) is 9.80 Å². The number of nitrogens with zero attached hydrogens (tertiary/aromatic N) is 2. The Labute approximate surface area is 117 Å². The van der Waals surface area contributed by atoms with Gasteiger partial charge in [-0.25, -0.2) is 4.79 Å². The number of β-amino-alcohol motifs (C(OH)–C–C–N with tert-alkyl or cyclic N) is 1. The number of carboxylic acid groups (broad SMARTS) is 1. The summed E-state index contributed by atoms with van der Waals surface area (Å²) in [5.41, 5.74) is 0. The van der Waals surface area contributed by atoms with E-state index < -0.39 is 5.97 Å². The molecule has 1 aliphatic heterocycles. The van der Waals surface area contributed by atoms with Crippen LogP contribution in [0.25, 0.3) is 0 Å². The van der Waals surface area contributed by atoms with Gasteiger partial charge < -0.3 is 15.1 Å². The first-order valence-corrected chi connectivity index (χ1v) is 7.16. The molecular weight excluding hydrogens is 264 g/mol. The quantitative estimate of drug-likeness (QED) is 0.842. The highest BCUT2D eigenvalue weighted by Gasteiger charge is 2.31. The zero-order valence-corrected chi connectivity index (χ0v) is 12.1. The Bertz CT molecular complexity index is 447. The Morgan fingerprint density at radius 1 is 1.53 bits per heavy atom. The molecule has 0 aromatic carbocycles. The average Bonchev–Trinajstić information content (AvgIpc) is 2.86. The van der Waals surface area contributed by atoms with Crippen molar-refractivity contribution in [1.29, 1.82) is 0 Å². The molecule has 2 heterocycles. The molecule has 0 radical (unpaired) electrons. The third-order valence-electron chi connectivity index (χ3n) is 3.31. The summed E-state index contributed by atoms with van der Waals surface area (Å²) in [5.74, 6) is -0.873. The SMILES string of the molecule is CN(C)CC1CC(O)CN1Cc1ccc(C(=O)O)s1. The van der Waals surface area contributed by atoms with Gasteiger partial charge in [0.2, 0.25) is 0 Å². The number of hydrogen-bond donors (Lipinski definition) is 2. The summed E-state index contributed by atoms with van der Waals surface area (Å²) >= 11 is 1.31. The van der Waals surface area contributed by atoms with Crippen LogP contribution in [0, 0.1) is 0 Å². The minimum absolute atomic E-state index is 0.274. The Kier molecular flexibility index (Phi) is 4.57. The molecule has 2 unspecified atom stereocenters. The van der Waals surface area contributed by atoms with Crippen molar-refractivity contribution in [2.75, 3.05) is 27.2 Å². The molecule has 106 valence electrons. The lowest BCUT2D eigenvalue weighted by Gasteiger charge is -2.26. The average molecular weight is 284 g/mol. The van der Waals surface area contributed by atoms with Gasteiger partial charge in [-0.05, 0) is 32.6 Å². The summed E-state index contributed by atoms with van der Waals surface area (Å²) in [6.07, 6.45) is 0.513. The zero-order chi connectivity index (χ0) is 14.0. The van der Waals surface area contributed by atoms with E-state index in [1.807, 2.05) is 20.2 Å². The van der Waals surface area contributed by atoms with Crippen molar-refractivity contribution >= 4 is 17.3 Å². The fraction of sp³-hybridized carbons (Fsp3) is 0.615. The Morgan fingerprint density at radius 3 is 2.84 bits per heavy atom. The number of likely N-dealkylation sites (N-methyl/N-ethyl adjacent to an activating group) is 1. The summed E-state index contributed by atoms with van der Waals surface area (Å²) < 4.78 is 0. The first-order valence-electron chi connectivity index (χ1n) is 6.34. The molecule has 0 spiro atoms. The number of carboxylic acids is 1. The summed E-state index contributed by atoms with van der Waals surface area (Å²) in [4.78, 5) is 16.6. The van der Waals surface area contributed by atoms with Crippen LogP contribution in [0.1, 0.15) is 21.0 Å². The normalized spacial score (nSPS) is 24.2. The molecule has 1 saturated heterocycles. The molecule has 0 amide bonds. The van der Waals surface area contributed by atoms with Crippen LogP contribution in [0.5, 0.6) is 0 Å². The lowest BCUT2D eigenvalue weighted by molar-refractivity contribution is 0.0702. The molecule has 1 aromatic rings. The van der Waals surface area contributed by atoms with Crippen LogP contribution in [0.4, 0.5) is 0 Å². The van der Waals surface area contributed by atoms with Crippen LogP contribution in [0.2, 0.25) is 0 Å². The van der Waals surface area contributed by atoms with E-state index in [4.69, 9.17) is 5.11 Å². The van der Waals surface area contributed by atoms with Crippen LogP contribution in [0.15, 0.2) is 12.1 Å². The molecule has 2 atom stereocenters. The van der Waals surface area contributed by atoms with E-state index in [2.05, 4.69) is 9.80 Å². The highest BCUT2D eigenvalue weighted by Crippen LogP contribution is 2.24. The van der Waals surface area contributed by atoms with Crippen LogP contribution in [-0.4, -0.2) is 65.3 Å². The fourth-order valence-electron chi connectivity index (χ4n) is 2.54. The highest BCUT2D eigenvalue weighted by atomic mass is 32.1. The van der Waals surface area contributed by atoms with Gasteiger partial charge in [-0.3, -0.25) is 4.90 Å². The largest absolute Gasteiger partial charge is 0.477 e. The molecule has 1 aliphatic rings. The van der Waals surface area contributed by atoms with Crippen LogP contribution in [-0.2, 0) is 6.54 Å². The first kappa shape index (κ1) is 14.5. The minimum Gasteiger partial charge on any atom is -0.477 e. The molecule has 0 saturated carbocycles. The lowest BCUT2D eigenvalue weighted by Crippen LogP contribution is -2.36. The highest BCUT2D eigenvalue weighted by molar-refractivity contribution is 7.13. The van der Waals surface area contributed by atoms with Gasteiger partial charge in [0.25, 0.3) is 0 Å². The smallest absolute Gasteiger partial charge is 0.345 e. The number of aliphatic hydroxyl groups is 1. The molecule has 1 aromatic heterocycles. The predicted octanol–water partition coefficient (Wildman–Crippen LogP) is 0.943. The standard InChI is InChI=1S/C13H20N2O3S/c1-14(2)6-9-5-10(16)7-15(9)8-11-3-4-12(19-11)13(17)18/h3-4,9-10,16H,5-8H2,1-2H3,(H,17,18). The predicted molar refractivity (Wildman–Crippen MR) is 74.7 cm³/mol. The molecule has 1 fully saturated rings. The maximum Gasteiger partial charge on any atom is 0.345 e. The fourth-order valence-corrected chi connectivity index (χ4v) is 3.41. The van der Waals surface area contributed by atoms with Crippen molar-refractivity contribution in [2.45, 2.75) is 25.1 Å². The van der Waals surface area contributed by atoms with Crippen molar-refractivity contribution < 1.29 is 15.0 Å². The van der Waals surface area contributed by atoms with Crippen molar-refractivity contribution in [2.24, 2.45) is 0 Å². The summed E-state index contributed by atoms with van der Waals surface area (Å²) in [6.45, 7) is 2.29. The van der Waals surface area contributed by atoms with Crippen LogP contribution in [0.3, 0.4) is 0 Å². The van der Waals surface area contributed by atoms with E-state index in [0.717, 1.165) is 17.8 Å². The Hall–Kier alpha value is -0.950. The molecule has 5 nitrogen and oxygen atoms in total. The maximum absolute atomic E-state index is 10.9. The van der Waals surface area contributed by atoms with E-state index >= 15 is 0 Å². The van der Waals surface area contributed by atoms with E-state index in [1.165, 1.54) is 11.3 Å². The number of aliphatic hydroxyl groups excluding tert-OH is 1. The van der Waals surface area contributed by atoms with E-state index in [9.17, 15) is 9.90 Å². The van der Waals surface area contributed by atoms with E-state index in [0.29, 0.717) is 24.0 Å². The third kappa shape index (κ3) is 3.76. The second-order valence-electron chi connectivity index (χ2n) is 5.31. The molecular formula is C13H20N2O3S. The number of likely N-dealkylation sites (tertiary alicyclic amines) is 1. The Balaban J connectivity index is 2.01. The molecule has 0 aliphatic carbocycles. The molecule has 0 bridgehead atoms. The van der Waals surface area contributed by atoms with Gasteiger partial charge in [-0.2, -0.15) is 0 Å². The second-order valence-corrected chi connectivity index (χ2v) is 6.47. The minimum atomic E-state index is -0.873. The van der Waals surface area contributed by atoms with Crippen LogP contribution >= 0.6 is 11.3 Å². The van der Waals surface area contributed by atoms with Gasteiger partial charge in [0.05, 0.1) is 6.10 Å². The zero-order valence-electron chi connectivity index (χ0n) is 11.2. The van der Waals surface area contributed by atoms with Crippen LogP contribution < -0.4 is 0 Å². The Morgan fingerprint density at radius 2 is 2.26 bits per heavy atom.